The number of likely N-dealkylation sites (tertiary alicyclic amines) is 1. The van der Waals surface area contributed by atoms with Crippen LogP contribution in [0.2, 0.25) is 0 Å². The average molecular weight is 363 g/mol. The highest BCUT2D eigenvalue weighted by Gasteiger charge is 2.20. The summed E-state index contributed by atoms with van der Waals surface area (Å²) in [5.74, 6) is -1.76. The molecule has 1 aliphatic rings. The van der Waals surface area contributed by atoms with Gasteiger partial charge in [0.1, 0.15) is 0 Å². The molecule has 1 saturated heterocycles. The Kier molecular flexibility index (Phi) is 5.88. The highest BCUT2D eigenvalue weighted by Crippen LogP contribution is 2.16. The minimum absolute atomic E-state index is 0.118. The van der Waals surface area contributed by atoms with Crippen molar-refractivity contribution in [2.24, 2.45) is 0 Å². The van der Waals surface area contributed by atoms with Gasteiger partial charge in [-0.05, 0) is 36.6 Å². The minimum atomic E-state index is -0.823. The van der Waals surface area contributed by atoms with Crippen LogP contribution in [0.15, 0.2) is 35.2 Å². The van der Waals surface area contributed by atoms with Gasteiger partial charge in [0.25, 0.3) is 0 Å². The van der Waals surface area contributed by atoms with Gasteiger partial charge in [0.15, 0.2) is 11.6 Å². The first-order valence-electron chi connectivity index (χ1n) is 8.13. The maximum absolute atomic E-state index is 13.3. The first kappa shape index (κ1) is 17.7. The summed E-state index contributed by atoms with van der Waals surface area (Å²) in [5, 5.41) is 4.87. The third kappa shape index (κ3) is 5.17. The van der Waals surface area contributed by atoms with Crippen LogP contribution in [0.3, 0.4) is 0 Å². The molecule has 0 atom stereocenters. The molecule has 4 nitrogen and oxygen atoms in total. The lowest BCUT2D eigenvalue weighted by Gasteiger charge is -2.32. The molecule has 0 unspecified atom stereocenters. The highest BCUT2D eigenvalue weighted by atomic mass is 32.1. The maximum atomic E-state index is 13.3. The molecule has 0 radical (unpaired) electrons. The number of aromatic nitrogens is 1. The van der Waals surface area contributed by atoms with Crippen molar-refractivity contribution >= 4 is 23.3 Å². The molecule has 1 aromatic carbocycles. The van der Waals surface area contributed by atoms with Gasteiger partial charge in [-0.3, -0.25) is 9.69 Å². The number of piperidine rings is 1. The SMILES string of the molecule is O=C(/C=C/c1cscn1)NC1CCN(Cc2ccc(F)c(F)c2)CC1. The molecule has 1 fully saturated rings. The van der Waals surface area contributed by atoms with E-state index in [1.165, 1.54) is 23.5 Å². The van der Waals surface area contributed by atoms with Crippen molar-refractivity contribution in [2.75, 3.05) is 13.1 Å². The Morgan fingerprint density at radius 1 is 1.32 bits per heavy atom. The normalized spacial score (nSPS) is 16.4. The number of amides is 1. The van der Waals surface area contributed by atoms with Gasteiger partial charge in [0.2, 0.25) is 5.91 Å². The number of nitrogens with zero attached hydrogens (tertiary/aromatic N) is 2. The summed E-state index contributed by atoms with van der Waals surface area (Å²) in [6.07, 6.45) is 4.87. The number of thiazole rings is 1. The number of hydrogen-bond donors (Lipinski definition) is 1. The second-order valence-electron chi connectivity index (χ2n) is 6.05. The second-order valence-corrected chi connectivity index (χ2v) is 6.77. The van der Waals surface area contributed by atoms with E-state index in [0.29, 0.717) is 6.54 Å². The van der Waals surface area contributed by atoms with Crippen LogP contribution in [0, 0.1) is 11.6 Å². The monoisotopic (exact) mass is 363 g/mol. The summed E-state index contributed by atoms with van der Waals surface area (Å²) in [6.45, 7) is 2.20. The minimum Gasteiger partial charge on any atom is -0.350 e. The fourth-order valence-electron chi connectivity index (χ4n) is 2.85. The summed E-state index contributed by atoms with van der Waals surface area (Å²) in [7, 11) is 0. The van der Waals surface area contributed by atoms with Crippen LogP contribution in [0.5, 0.6) is 0 Å². The quantitative estimate of drug-likeness (QED) is 0.830. The van der Waals surface area contributed by atoms with Gasteiger partial charge < -0.3 is 5.32 Å². The van der Waals surface area contributed by atoms with Crippen LogP contribution >= 0.6 is 11.3 Å². The summed E-state index contributed by atoms with van der Waals surface area (Å²) in [6, 6.07) is 4.14. The summed E-state index contributed by atoms with van der Waals surface area (Å²) < 4.78 is 26.2. The Bertz CT molecular complexity index is 741. The number of halogens is 2. The molecule has 0 bridgehead atoms. The van der Waals surface area contributed by atoms with Crippen LogP contribution in [0.25, 0.3) is 6.08 Å². The predicted molar refractivity (Wildman–Crippen MR) is 93.9 cm³/mol. The highest BCUT2D eigenvalue weighted by molar-refractivity contribution is 7.07. The predicted octanol–water partition coefficient (Wildman–Crippen LogP) is 3.22. The van der Waals surface area contributed by atoms with Crippen molar-refractivity contribution in [3.8, 4) is 0 Å². The molecular weight excluding hydrogens is 344 g/mol. The molecule has 2 aromatic rings. The second kappa shape index (κ2) is 8.31. The fraction of sp³-hybridized carbons (Fsp3) is 0.333. The van der Waals surface area contributed by atoms with Crippen molar-refractivity contribution in [1.82, 2.24) is 15.2 Å². The molecule has 132 valence electrons. The molecule has 7 heteroatoms. The van der Waals surface area contributed by atoms with E-state index in [9.17, 15) is 13.6 Å². The Hall–Kier alpha value is -2.12. The van der Waals surface area contributed by atoms with Crippen molar-refractivity contribution in [1.29, 1.82) is 0 Å². The summed E-state index contributed by atoms with van der Waals surface area (Å²) in [5.41, 5.74) is 3.26. The van der Waals surface area contributed by atoms with E-state index in [1.807, 2.05) is 5.38 Å². The maximum Gasteiger partial charge on any atom is 0.244 e. The molecule has 0 aliphatic carbocycles. The van der Waals surface area contributed by atoms with Crippen molar-refractivity contribution in [3.05, 3.63) is 58.1 Å². The zero-order valence-corrected chi connectivity index (χ0v) is 14.4. The fourth-order valence-corrected chi connectivity index (χ4v) is 3.37. The van der Waals surface area contributed by atoms with Gasteiger partial charge >= 0.3 is 0 Å². The first-order valence-corrected chi connectivity index (χ1v) is 9.07. The zero-order valence-electron chi connectivity index (χ0n) is 13.6. The topological polar surface area (TPSA) is 45.2 Å². The van der Waals surface area contributed by atoms with Gasteiger partial charge in [-0.1, -0.05) is 6.07 Å². The van der Waals surface area contributed by atoms with E-state index in [1.54, 1.807) is 17.7 Å². The van der Waals surface area contributed by atoms with E-state index in [0.717, 1.165) is 43.3 Å². The Morgan fingerprint density at radius 3 is 2.80 bits per heavy atom. The van der Waals surface area contributed by atoms with Crippen molar-refractivity contribution < 1.29 is 13.6 Å². The third-order valence-electron chi connectivity index (χ3n) is 4.18. The number of rotatable bonds is 5. The Labute approximate surface area is 149 Å². The molecule has 2 heterocycles. The number of carbonyl (C=O) groups is 1. The lowest BCUT2D eigenvalue weighted by molar-refractivity contribution is -0.117. The smallest absolute Gasteiger partial charge is 0.244 e. The van der Waals surface area contributed by atoms with Gasteiger partial charge in [-0.2, -0.15) is 0 Å². The van der Waals surface area contributed by atoms with Crippen LogP contribution in [0.4, 0.5) is 8.78 Å². The van der Waals surface area contributed by atoms with E-state index in [2.05, 4.69) is 15.2 Å². The zero-order chi connectivity index (χ0) is 17.6. The Morgan fingerprint density at radius 2 is 2.12 bits per heavy atom. The van der Waals surface area contributed by atoms with Crippen molar-refractivity contribution in [2.45, 2.75) is 25.4 Å². The van der Waals surface area contributed by atoms with Gasteiger partial charge in [-0.25, -0.2) is 13.8 Å². The lowest BCUT2D eigenvalue weighted by atomic mass is 10.0. The lowest BCUT2D eigenvalue weighted by Crippen LogP contribution is -2.43. The molecule has 1 amide bonds. The average Bonchev–Trinajstić information content (AvgIpc) is 3.12. The largest absolute Gasteiger partial charge is 0.350 e. The first-order chi connectivity index (χ1) is 12.1. The van der Waals surface area contributed by atoms with Crippen LogP contribution in [-0.2, 0) is 11.3 Å². The van der Waals surface area contributed by atoms with Crippen LogP contribution in [-0.4, -0.2) is 34.9 Å². The number of hydrogen-bond acceptors (Lipinski definition) is 4. The molecule has 0 saturated carbocycles. The van der Waals surface area contributed by atoms with Gasteiger partial charge in [0, 0.05) is 37.1 Å². The van der Waals surface area contributed by atoms with E-state index in [-0.39, 0.29) is 11.9 Å². The molecule has 1 N–H and O–H groups in total. The summed E-state index contributed by atoms with van der Waals surface area (Å²) in [4.78, 5) is 18.2. The molecule has 3 rings (SSSR count). The van der Waals surface area contributed by atoms with Crippen LogP contribution < -0.4 is 5.32 Å². The standard InChI is InChI=1S/C18H19F2N3OS/c19-16-3-1-13(9-17(16)20)10-23-7-5-14(6-8-23)22-18(24)4-2-15-11-25-12-21-15/h1-4,9,11-12,14H,5-8,10H2,(H,22,24)/b4-2+. The van der Waals surface area contributed by atoms with E-state index in [4.69, 9.17) is 0 Å². The number of benzene rings is 1. The van der Waals surface area contributed by atoms with Crippen LogP contribution in [0.1, 0.15) is 24.1 Å². The summed E-state index contributed by atoms with van der Waals surface area (Å²) >= 11 is 1.49. The van der Waals surface area contributed by atoms with E-state index >= 15 is 0 Å². The molecular formula is C18H19F2N3OS. The number of nitrogens with one attached hydrogen (secondary N) is 1. The molecule has 0 spiro atoms. The van der Waals surface area contributed by atoms with Gasteiger partial charge in [-0.15, -0.1) is 11.3 Å². The van der Waals surface area contributed by atoms with Crippen molar-refractivity contribution in [3.63, 3.8) is 0 Å². The Balaban J connectivity index is 1.43. The number of carbonyl (C=O) groups excluding carboxylic acids is 1. The third-order valence-corrected chi connectivity index (χ3v) is 4.79. The molecule has 25 heavy (non-hydrogen) atoms. The molecule has 1 aliphatic heterocycles. The molecule has 1 aromatic heterocycles. The van der Waals surface area contributed by atoms with E-state index < -0.39 is 11.6 Å². The van der Waals surface area contributed by atoms with Gasteiger partial charge in [0.05, 0.1) is 11.2 Å².